The average molecular weight is 437 g/mol. The molecule has 1 aromatic carbocycles. The van der Waals surface area contributed by atoms with E-state index in [0.29, 0.717) is 25.1 Å². The number of ether oxygens (including phenoxy) is 1. The SMILES string of the molecule is C#CCCC(C(=O)Oc1ccccc1)c1nc(C(=O)NCCCCC2CCCCC2)co1. The maximum Gasteiger partial charge on any atom is 0.323 e. The highest BCUT2D eigenvalue weighted by molar-refractivity contribution is 5.92. The molecule has 0 bridgehead atoms. The molecule has 3 rings (SSSR count). The minimum atomic E-state index is -0.775. The molecule has 0 radical (unpaired) electrons. The Morgan fingerprint density at radius 1 is 1.19 bits per heavy atom. The molecule has 170 valence electrons. The van der Waals surface area contributed by atoms with E-state index in [0.717, 1.165) is 18.8 Å². The van der Waals surface area contributed by atoms with E-state index < -0.39 is 11.9 Å². The van der Waals surface area contributed by atoms with Gasteiger partial charge in [-0.1, -0.05) is 63.1 Å². The number of aromatic nitrogens is 1. The molecule has 1 aliphatic carbocycles. The highest BCUT2D eigenvalue weighted by Gasteiger charge is 2.28. The smallest absolute Gasteiger partial charge is 0.323 e. The fraction of sp³-hybridized carbons (Fsp3) is 0.500. The van der Waals surface area contributed by atoms with Gasteiger partial charge in [0.25, 0.3) is 5.91 Å². The molecule has 1 atom stereocenters. The summed E-state index contributed by atoms with van der Waals surface area (Å²) in [6.45, 7) is 0.602. The van der Waals surface area contributed by atoms with Crippen LogP contribution < -0.4 is 10.1 Å². The van der Waals surface area contributed by atoms with Crippen molar-refractivity contribution in [2.45, 2.75) is 70.1 Å². The highest BCUT2D eigenvalue weighted by Crippen LogP contribution is 2.27. The Bertz CT molecular complexity index is 894. The van der Waals surface area contributed by atoms with Crippen molar-refractivity contribution in [2.24, 2.45) is 5.92 Å². The zero-order valence-electron chi connectivity index (χ0n) is 18.6. The van der Waals surface area contributed by atoms with E-state index in [-0.39, 0.29) is 17.5 Å². The van der Waals surface area contributed by atoms with Crippen LogP contribution in [0.3, 0.4) is 0 Å². The van der Waals surface area contributed by atoms with Crippen molar-refractivity contribution >= 4 is 11.9 Å². The molecule has 1 heterocycles. The second-order valence-corrected chi connectivity index (χ2v) is 8.36. The predicted molar refractivity (Wildman–Crippen MR) is 122 cm³/mol. The van der Waals surface area contributed by atoms with Gasteiger partial charge in [-0.05, 0) is 30.9 Å². The van der Waals surface area contributed by atoms with Gasteiger partial charge in [0.15, 0.2) is 5.69 Å². The Balaban J connectivity index is 1.49. The summed E-state index contributed by atoms with van der Waals surface area (Å²) in [4.78, 5) is 29.4. The van der Waals surface area contributed by atoms with E-state index in [1.807, 2.05) is 6.07 Å². The molecule has 1 saturated carbocycles. The summed E-state index contributed by atoms with van der Waals surface area (Å²) in [5, 5.41) is 2.89. The van der Waals surface area contributed by atoms with Crippen LogP contribution in [0.5, 0.6) is 5.75 Å². The lowest BCUT2D eigenvalue weighted by molar-refractivity contribution is -0.136. The molecule has 0 aliphatic heterocycles. The van der Waals surface area contributed by atoms with Crippen LogP contribution in [0.1, 0.15) is 86.5 Å². The Hall–Kier alpha value is -3.07. The summed E-state index contributed by atoms with van der Waals surface area (Å²) < 4.78 is 10.9. The van der Waals surface area contributed by atoms with Crippen molar-refractivity contribution in [3.05, 3.63) is 48.2 Å². The van der Waals surface area contributed by atoms with Crippen LogP contribution in [-0.4, -0.2) is 23.4 Å². The lowest BCUT2D eigenvalue weighted by atomic mass is 9.86. The Labute approximate surface area is 190 Å². The summed E-state index contributed by atoms with van der Waals surface area (Å²) in [6.07, 6.45) is 17.4. The van der Waals surface area contributed by atoms with Gasteiger partial charge in [-0.15, -0.1) is 12.3 Å². The molecule has 6 nitrogen and oxygen atoms in total. The molecule has 2 aromatic rings. The summed E-state index contributed by atoms with van der Waals surface area (Å²) in [6, 6.07) is 8.78. The van der Waals surface area contributed by atoms with Crippen molar-refractivity contribution in [3.63, 3.8) is 0 Å². The van der Waals surface area contributed by atoms with Gasteiger partial charge in [0.05, 0.1) is 0 Å². The predicted octanol–water partition coefficient (Wildman–Crippen LogP) is 5.26. The number of unbranched alkanes of at least 4 members (excludes halogenated alkanes) is 1. The van der Waals surface area contributed by atoms with Crippen molar-refractivity contribution < 1.29 is 18.7 Å². The van der Waals surface area contributed by atoms with Crippen molar-refractivity contribution in [3.8, 4) is 18.1 Å². The molecule has 32 heavy (non-hydrogen) atoms. The molecule has 1 aromatic heterocycles. The molecule has 6 heteroatoms. The third kappa shape index (κ3) is 7.26. The average Bonchev–Trinajstić information content (AvgIpc) is 3.30. The minimum absolute atomic E-state index is 0.142. The summed E-state index contributed by atoms with van der Waals surface area (Å²) in [5.74, 6) is 2.36. The monoisotopic (exact) mass is 436 g/mol. The quantitative estimate of drug-likeness (QED) is 0.225. The summed E-state index contributed by atoms with van der Waals surface area (Å²) in [5.41, 5.74) is 0.158. The van der Waals surface area contributed by atoms with Gasteiger partial charge >= 0.3 is 5.97 Å². The lowest BCUT2D eigenvalue weighted by Crippen LogP contribution is -2.25. The molecule has 1 fully saturated rings. The molecule has 1 unspecified atom stereocenters. The molecular formula is C26H32N2O4. The van der Waals surface area contributed by atoms with Crippen molar-refractivity contribution in [1.29, 1.82) is 0 Å². The second kappa shape index (κ2) is 12.7. The maximum absolute atomic E-state index is 12.7. The van der Waals surface area contributed by atoms with Crippen molar-refractivity contribution in [1.82, 2.24) is 10.3 Å². The number of carbonyl (C=O) groups is 2. The van der Waals surface area contributed by atoms with E-state index >= 15 is 0 Å². The van der Waals surface area contributed by atoms with Crippen LogP contribution in [-0.2, 0) is 4.79 Å². The van der Waals surface area contributed by atoms with Gasteiger partial charge in [0.1, 0.15) is 17.9 Å². The fourth-order valence-corrected chi connectivity index (χ4v) is 4.12. The number of carbonyl (C=O) groups excluding carboxylic acids is 2. The zero-order chi connectivity index (χ0) is 22.6. The summed E-state index contributed by atoms with van der Waals surface area (Å²) >= 11 is 0. The molecule has 0 spiro atoms. The molecule has 1 amide bonds. The minimum Gasteiger partial charge on any atom is -0.447 e. The van der Waals surface area contributed by atoms with Gasteiger partial charge in [-0.25, -0.2) is 4.98 Å². The van der Waals surface area contributed by atoms with Crippen LogP contribution in [0.4, 0.5) is 0 Å². The largest absolute Gasteiger partial charge is 0.447 e. The first-order valence-electron chi connectivity index (χ1n) is 11.6. The van der Waals surface area contributed by atoms with E-state index in [1.165, 1.54) is 44.8 Å². The van der Waals surface area contributed by atoms with Crippen LogP contribution in [0.2, 0.25) is 0 Å². The van der Waals surface area contributed by atoms with Crippen LogP contribution in [0.25, 0.3) is 0 Å². The molecule has 0 saturated heterocycles. The maximum atomic E-state index is 12.7. The van der Waals surface area contributed by atoms with Crippen LogP contribution in [0.15, 0.2) is 41.0 Å². The topological polar surface area (TPSA) is 81.4 Å². The number of amides is 1. The molecule has 1 aliphatic rings. The third-order valence-corrected chi connectivity index (χ3v) is 5.93. The number of oxazole rings is 1. The lowest BCUT2D eigenvalue weighted by Gasteiger charge is -2.21. The number of hydrogen-bond donors (Lipinski definition) is 1. The van der Waals surface area contributed by atoms with Crippen molar-refractivity contribution in [2.75, 3.05) is 6.54 Å². The standard InChI is InChI=1S/C26H32N2O4/c1-2-3-17-22(26(30)32-21-15-8-5-9-16-21)25-28-23(19-31-25)24(29)27-18-11-10-14-20-12-6-4-7-13-20/h1,5,8-9,15-16,19-20,22H,3-4,6-7,10-14,17-18H2,(H,27,29). The Kier molecular flexibility index (Phi) is 9.37. The van der Waals surface area contributed by atoms with Gasteiger partial charge in [-0.2, -0.15) is 0 Å². The van der Waals surface area contributed by atoms with Gasteiger partial charge < -0.3 is 14.5 Å². The number of hydrogen-bond acceptors (Lipinski definition) is 5. The number of rotatable bonds is 11. The normalized spacial score (nSPS) is 15.0. The van der Waals surface area contributed by atoms with Gasteiger partial charge in [0, 0.05) is 13.0 Å². The van der Waals surface area contributed by atoms with E-state index in [4.69, 9.17) is 15.6 Å². The van der Waals surface area contributed by atoms with Gasteiger partial charge in [0.2, 0.25) is 5.89 Å². The van der Waals surface area contributed by atoms with Crippen LogP contribution in [0, 0.1) is 18.3 Å². The summed E-state index contributed by atoms with van der Waals surface area (Å²) in [7, 11) is 0. The van der Waals surface area contributed by atoms with E-state index in [9.17, 15) is 9.59 Å². The fourth-order valence-electron chi connectivity index (χ4n) is 4.12. The zero-order valence-corrected chi connectivity index (χ0v) is 18.6. The number of nitrogens with zero attached hydrogens (tertiary/aromatic N) is 1. The van der Waals surface area contributed by atoms with E-state index in [2.05, 4.69) is 16.2 Å². The first-order chi connectivity index (χ1) is 15.7. The second-order valence-electron chi connectivity index (χ2n) is 8.36. The number of terminal acetylenes is 1. The van der Waals surface area contributed by atoms with E-state index in [1.54, 1.807) is 24.3 Å². The van der Waals surface area contributed by atoms with Crippen LogP contribution >= 0.6 is 0 Å². The number of esters is 1. The highest BCUT2D eigenvalue weighted by atomic mass is 16.5. The van der Waals surface area contributed by atoms with Gasteiger partial charge in [-0.3, -0.25) is 9.59 Å². The molecule has 1 N–H and O–H groups in total. The number of nitrogens with one attached hydrogen (secondary N) is 1. The first-order valence-corrected chi connectivity index (χ1v) is 11.6. The molecular weight excluding hydrogens is 404 g/mol. The number of benzene rings is 1. The first kappa shape index (κ1) is 23.6. The number of para-hydroxylation sites is 1. The third-order valence-electron chi connectivity index (χ3n) is 5.93. The Morgan fingerprint density at radius 3 is 2.72 bits per heavy atom. The Morgan fingerprint density at radius 2 is 1.97 bits per heavy atom.